The number of benzene rings is 2. The first kappa shape index (κ1) is 19.3. The maximum atomic E-state index is 6.12. The predicted molar refractivity (Wildman–Crippen MR) is 113 cm³/mol. The van der Waals surface area contributed by atoms with E-state index in [2.05, 4.69) is 20.2 Å². The van der Waals surface area contributed by atoms with Crippen LogP contribution in [0.25, 0.3) is 11.3 Å². The van der Waals surface area contributed by atoms with Gasteiger partial charge in [-0.15, -0.1) is 5.10 Å². The fraction of sp³-hybridized carbons (Fsp3) is 0.167. The van der Waals surface area contributed by atoms with Crippen molar-refractivity contribution in [2.45, 2.75) is 6.54 Å². The summed E-state index contributed by atoms with van der Waals surface area (Å²) in [5.41, 5.74) is 3.67. The monoisotopic (exact) mass is 420 g/mol. The number of halogens is 1. The van der Waals surface area contributed by atoms with Gasteiger partial charge < -0.3 is 20.1 Å². The lowest BCUT2D eigenvalue weighted by Crippen LogP contribution is -2.28. The van der Waals surface area contributed by atoms with Crippen LogP contribution in [-0.4, -0.2) is 28.9 Å². The van der Waals surface area contributed by atoms with Crippen molar-refractivity contribution in [2.75, 3.05) is 19.5 Å². The van der Waals surface area contributed by atoms with Crippen molar-refractivity contribution >= 4 is 46.2 Å². The molecule has 0 saturated heterocycles. The summed E-state index contributed by atoms with van der Waals surface area (Å²) in [6.07, 6.45) is 0. The third-order valence-corrected chi connectivity index (χ3v) is 4.83. The zero-order valence-corrected chi connectivity index (χ0v) is 17.0. The number of methoxy groups -OCH3 is 2. The predicted octanol–water partition coefficient (Wildman–Crippen LogP) is 4.36. The SMILES string of the molecule is COc1cc(NC(=S)NCc2ccc(-c3csnn3)cc2)c(OC)cc1Cl. The first-order valence-electron chi connectivity index (χ1n) is 7.93. The van der Waals surface area contributed by atoms with Gasteiger partial charge in [-0.3, -0.25) is 0 Å². The normalized spacial score (nSPS) is 10.3. The summed E-state index contributed by atoms with van der Waals surface area (Å²) in [5.74, 6) is 1.11. The van der Waals surface area contributed by atoms with Crippen molar-refractivity contribution in [1.29, 1.82) is 0 Å². The molecule has 9 heteroatoms. The van der Waals surface area contributed by atoms with Crippen LogP contribution >= 0.6 is 35.4 Å². The molecule has 0 aliphatic carbocycles. The molecule has 0 spiro atoms. The van der Waals surface area contributed by atoms with E-state index in [0.29, 0.717) is 33.9 Å². The van der Waals surface area contributed by atoms with Gasteiger partial charge in [-0.05, 0) is 29.3 Å². The maximum absolute atomic E-state index is 6.12. The smallest absolute Gasteiger partial charge is 0.171 e. The van der Waals surface area contributed by atoms with Crippen LogP contribution in [0.2, 0.25) is 5.02 Å². The van der Waals surface area contributed by atoms with E-state index in [9.17, 15) is 0 Å². The Morgan fingerprint density at radius 1 is 1.15 bits per heavy atom. The Labute approximate surface area is 171 Å². The molecule has 0 radical (unpaired) electrons. The van der Waals surface area contributed by atoms with Crippen LogP contribution in [0, 0.1) is 0 Å². The number of hydrogen-bond donors (Lipinski definition) is 2. The van der Waals surface area contributed by atoms with Crippen LogP contribution in [0.1, 0.15) is 5.56 Å². The van der Waals surface area contributed by atoms with Crippen molar-refractivity contribution < 1.29 is 9.47 Å². The van der Waals surface area contributed by atoms with E-state index in [0.717, 1.165) is 16.8 Å². The second-order valence-electron chi connectivity index (χ2n) is 5.48. The molecular weight excluding hydrogens is 404 g/mol. The summed E-state index contributed by atoms with van der Waals surface area (Å²) in [6, 6.07) is 11.5. The van der Waals surface area contributed by atoms with Crippen molar-refractivity contribution in [3.05, 3.63) is 52.4 Å². The summed E-state index contributed by atoms with van der Waals surface area (Å²) < 4.78 is 14.5. The summed E-state index contributed by atoms with van der Waals surface area (Å²) >= 11 is 12.8. The molecule has 0 aliphatic rings. The van der Waals surface area contributed by atoms with Crippen molar-refractivity contribution in [3.8, 4) is 22.8 Å². The molecule has 2 aromatic carbocycles. The number of nitrogens with zero attached hydrogens (tertiary/aromatic N) is 2. The number of ether oxygens (including phenoxy) is 2. The molecule has 27 heavy (non-hydrogen) atoms. The van der Waals surface area contributed by atoms with Gasteiger partial charge in [0.05, 0.1) is 24.9 Å². The van der Waals surface area contributed by atoms with Crippen LogP contribution in [0.5, 0.6) is 11.5 Å². The summed E-state index contributed by atoms with van der Waals surface area (Å²) in [7, 11) is 3.12. The lowest BCUT2D eigenvalue weighted by molar-refractivity contribution is 0.405. The average molecular weight is 421 g/mol. The standard InChI is InChI=1S/C18H17ClN4O2S2/c1-24-16-8-14(17(25-2)7-13(16)19)21-18(26)20-9-11-3-5-12(6-4-11)15-10-27-23-22-15/h3-8,10H,9H2,1-2H3,(H2,20,21,26). The van der Waals surface area contributed by atoms with E-state index >= 15 is 0 Å². The Morgan fingerprint density at radius 3 is 2.52 bits per heavy atom. The third-order valence-electron chi connectivity index (χ3n) is 3.78. The summed E-state index contributed by atoms with van der Waals surface area (Å²) in [5, 5.41) is 13.2. The van der Waals surface area contributed by atoms with Crippen LogP contribution < -0.4 is 20.1 Å². The fourth-order valence-electron chi connectivity index (χ4n) is 2.39. The first-order chi connectivity index (χ1) is 13.1. The van der Waals surface area contributed by atoms with Gasteiger partial charge in [-0.25, -0.2) is 0 Å². The van der Waals surface area contributed by atoms with E-state index in [4.69, 9.17) is 33.3 Å². The van der Waals surface area contributed by atoms with Crippen molar-refractivity contribution in [1.82, 2.24) is 14.9 Å². The van der Waals surface area contributed by atoms with Crippen LogP contribution in [-0.2, 0) is 6.54 Å². The Hall–Kier alpha value is -2.42. The number of hydrogen-bond acceptors (Lipinski definition) is 6. The Kier molecular flexibility index (Phi) is 6.44. The number of thiocarbonyl (C=S) groups is 1. The molecule has 6 nitrogen and oxygen atoms in total. The molecule has 0 unspecified atom stereocenters. The zero-order chi connectivity index (χ0) is 19.2. The van der Waals surface area contributed by atoms with Crippen molar-refractivity contribution in [3.63, 3.8) is 0 Å². The molecule has 0 bridgehead atoms. The van der Waals surface area contributed by atoms with Crippen LogP contribution in [0.4, 0.5) is 5.69 Å². The van der Waals surface area contributed by atoms with E-state index < -0.39 is 0 Å². The Balaban J connectivity index is 1.61. The zero-order valence-electron chi connectivity index (χ0n) is 14.7. The molecule has 0 fully saturated rings. The lowest BCUT2D eigenvalue weighted by Gasteiger charge is -2.15. The van der Waals surface area contributed by atoms with Gasteiger partial charge in [0, 0.05) is 29.6 Å². The van der Waals surface area contributed by atoms with Gasteiger partial charge in [-0.1, -0.05) is 40.4 Å². The number of rotatable bonds is 6. The molecular formula is C18H17ClN4O2S2. The minimum absolute atomic E-state index is 0.463. The molecule has 2 N–H and O–H groups in total. The molecule has 0 atom stereocenters. The van der Waals surface area contributed by atoms with Crippen molar-refractivity contribution in [2.24, 2.45) is 0 Å². The topological polar surface area (TPSA) is 68.3 Å². The Morgan fingerprint density at radius 2 is 1.89 bits per heavy atom. The molecule has 0 amide bonds. The highest BCUT2D eigenvalue weighted by atomic mass is 35.5. The highest BCUT2D eigenvalue weighted by Gasteiger charge is 2.11. The molecule has 1 heterocycles. The van der Waals surface area contributed by atoms with Crippen LogP contribution in [0.15, 0.2) is 41.8 Å². The van der Waals surface area contributed by atoms with Gasteiger partial charge in [0.1, 0.15) is 17.2 Å². The second kappa shape index (κ2) is 8.98. The van der Waals surface area contributed by atoms with E-state index in [1.165, 1.54) is 11.5 Å². The van der Waals surface area contributed by atoms with Crippen LogP contribution in [0.3, 0.4) is 0 Å². The number of anilines is 1. The van der Waals surface area contributed by atoms with E-state index in [-0.39, 0.29) is 0 Å². The second-order valence-corrected chi connectivity index (χ2v) is 6.91. The highest BCUT2D eigenvalue weighted by Crippen LogP contribution is 2.35. The molecule has 140 valence electrons. The lowest BCUT2D eigenvalue weighted by atomic mass is 10.1. The summed E-state index contributed by atoms with van der Waals surface area (Å²) in [6.45, 7) is 0.578. The molecule has 1 aromatic heterocycles. The highest BCUT2D eigenvalue weighted by molar-refractivity contribution is 7.80. The molecule has 3 aromatic rings. The van der Waals surface area contributed by atoms with Gasteiger partial charge in [-0.2, -0.15) is 0 Å². The van der Waals surface area contributed by atoms with Gasteiger partial charge in [0.25, 0.3) is 0 Å². The third kappa shape index (κ3) is 4.85. The quantitative estimate of drug-likeness (QED) is 0.574. The Bertz CT molecular complexity index is 918. The average Bonchev–Trinajstić information content (AvgIpc) is 3.22. The van der Waals surface area contributed by atoms with Gasteiger partial charge in [0.15, 0.2) is 5.11 Å². The molecule has 0 saturated carbocycles. The summed E-state index contributed by atoms with van der Waals surface area (Å²) in [4.78, 5) is 0. The van der Waals surface area contributed by atoms with Gasteiger partial charge in [0.2, 0.25) is 0 Å². The first-order valence-corrected chi connectivity index (χ1v) is 9.55. The van der Waals surface area contributed by atoms with E-state index in [1.807, 2.05) is 29.6 Å². The fourth-order valence-corrected chi connectivity index (χ4v) is 3.27. The minimum Gasteiger partial charge on any atom is -0.495 e. The number of aromatic nitrogens is 2. The molecule has 3 rings (SSSR count). The van der Waals surface area contributed by atoms with Gasteiger partial charge >= 0.3 is 0 Å². The maximum Gasteiger partial charge on any atom is 0.171 e. The molecule has 0 aliphatic heterocycles. The number of nitrogens with one attached hydrogen (secondary N) is 2. The largest absolute Gasteiger partial charge is 0.495 e. The van der Waals surface area contributed by atoms with E-state index in [1.54, 1.807) is 26.4 Å². The minimum atomic E-state index is 0.463.